The zero-order valence-corrected chi connectivity index (χ0v) is 20.2. The molecule has 2 aromatic carbocycles. The summed E-state index contributed by atoms with van der Waals surface area (Å²) in [4.78, 5) is 6.67. The van der Waals surface area contributed by atoms with Gasteiger partial charge in [-0.25, -0.2) is 4.39 Å². The molecule has 9 heteroatoms. The van der Waals surface area contributed by atoms with E-state index >= 15 is 0 Å². The van der Waals surface area contributed by atoms with Crippen LogP contribution in [0.15, 0.2) is 58.8 Å². The molecule has 0 saturated carbocycles. The summed E-state index contributed by atoms with van der Waals surface area (Å²) in [5.74, 6) is 1.21. The number of nitrogens with one attached hydrogen (secondary N) is 1. The number of thiocarbonyl (C=S) groups is 1. The quantitative estimate of drug-likeness (QED) is 0.338. The SMILES string of the molecule is CCOCCCN1C(=S)NC(c2cccc(F)c2)C(c2nc(-c3ccc(OC)cc3)no2)=C1C. The average molecular weight is 483 g/mol. The van der Waals surface area contributed by atoms with Gasteiger partial charge < -0.3 is 24.2 Å². The number of halogens is 1. The van der Waals surface area contributed by atoms with E-state index in [-0.39, 0.29) is 5.82 Å². The van der Waals surface area contributed by atoms with E-state index in [0.717, 1.165) is 34.6 Å². The summed E-state index contributed by atoms with van der Waals surface area (Å²) in [6, 6.07) is 13.4. The molecule has 0 amide bonds. The zero-order chi connectivity index (χ0) is 24.1. The van der Waals surface area contributed by atoms with Crippen molar-refractivity contribution in [2.24, 2.45) is 0 Å². The number of hydrogen-bond donors (Lipinski definition) is 1. The van der Waals surface area contributed by atoms with Crippen LogP contribution in [-0.2, 0) is 4.74 Å². The third-order valence-electron chi connectivity index (χ3n) is 5.66. The lowest BCUT2D eigenvalue weighted by Crippen LogP contribution is -2.46. The maximum absolute atomic E-state index is 14.1. The van der Waals surface area contributed by atoms with Crippen molar-refractivity contribution in [2.75, 3.05) is 26.9 Å². The molecule has 34 heavy (non-hydrogen) atoms. The Hall–Kier alpha value is -3.30. The number of rotatable bonds is 9. The molecule has 7 nitrogen and oxygen atoms in total. The summed E-state index contributed by atoms with van der Waals surface area (Å²) >= 11 is 5.67. The highest BCUT2D eigenvalue weighted by Gasteiger charge is 2.34. The van der Waals surface area contributed by atoms with E-state index in [4.69, 9.17) is 26.2 Å². The minimum absolute atomic E-state index is 0.328. The van der Waals surface area contributed by atoms with Crippen LogP contribution in [0, 0.1) is 5.82 Å². The number of methoxy groups -OCH3 is 1. The van der Waals surface area contributed by atoms with Gasteiger partial charge in [-0.2, -0.15) is 4.98 Å². The number of benzene rings is 2. The number of hydrogen-bond acceptors (Lipinski definition) is 6. The van der Waals surface area contributed by atoms with Crippen molar-refractivity contribution in [2.45, 2.75) is 26.3 Å². The van der Waals surface area contributed by atoms with E-state index in [0.29, 0.717) is 36.6 Å². The first-order valence-corrected chi connectivity index (χ1v) is 11.5. The van der Waals surface area contributed by atoms with Crippen LogP contribution >= 0.6 is 12.2 Å². The molecule has 0 bridgehead atoms. The van der Waals surface area contributed by atoms with Crippen molar-refractivity contribution in [1.29, 1.82) is 0 Å². The van der Waals surface area contributed by atoms with Crippen molar-refractivity contribution in [3.63, 3.8) is 0 Å². The van der Waals surface area contributed by atoms with E-state index in [1.165, 1.54) is 12.1 Å². The maximum atomic E-state index is 14.1. The normalized spacial score (nSPS) is 16.1. The molecule has 0 radical (unpaired) electrons. The Morgan fingerprint density at radius 3 is 2.71 bits per heavy atom. The monoisotopic (exact) mass is 482 g/mol. The molecular weight excluding hydrogens is 455 g/mol. The lowest BCUT2D eigenvalue weighted by molar-refractivity contribution is 0.141. The summed E-state index contributed by atoms with van der Waals surface area (Å²) < 4.78 is 30.5. The van der Waals surface area contributed by atoms with Crippen LogP contribution in [0.1, 0.15) is 37.8 Å². The van der Waals surface area contributed by atoms with Gasteiger partial charge in [0.25, 0.3) is 5.89 Å². The van der Waals surface area contributed by atoms with Crippen molar-refractivity contribution in [3.05, 3.63) is 71.5 Å². The minimum atomic E-state index is -0.435. The third kappa shape index (κ3) is 5.10. The van der Waals surface area contributed by atoms with E-state index in [2.05, 4.69) is 15.5 Å². The molecule has 1 unspecified atom stereocenters. The Labute approximate surface area is 203 Å². The number of allylic oxidation sites excluding steroid dienone is 1. The highest BCUT2D eigenvalue weighted by Crippen LogP contribution is 2.37. The van der Waals surface area contributed by atoms with Gasteiger partial charge in [-0.05, 0) is 74.4 Å². The van der Waals surface area contributed by atoms with Gasteiger partial charge in [-0.1, -0.05) is 17.3 Å². The van der Waals surface area contributed by atoms with Crippen LogP contribution in [0.2, 0.25) is 0 Å². The Morgan fingerprint density at radius 2 is 2.00 bits per heavy atom. The Balaban J connectivity index is 1.72. The Kier molecular flexibility index (Phi) is 7.54. The maximum Gasteiger partial charge on any atom is 0.258 e. The fraction of sp³-hybridized carbons (Fsp3) is 0.320. The molecule has 0 spiro atoms. The lowest BCUT2D eigenvalue weighted by Gasteiger charge is -2.37. The smallest absolute Gasteiger partial charge is 0.258 e. The van der Waals surface area contributed by atoms with Crippen LogP contribution < -0.4 is 10.1 Å². The molecule has 1 atom stereocenters. The average Bonchev–Trinajstić information content (AvgIpc) is 3.33. The standard InChI is InChI=1S/C25H27FN4O3S/c1-4-32-14-6-13-30-16(2)21(22(27-25(30)34)18-7-5-8-19(26)15-18)24-28-23(29-33-24)17-9-11-20(31-3)12-10-17/h5,7-12,15,22H,4,6,13-14H2,1-3H3,(H,27,34). The van der Waals surface area contributed by atoms with Gasteiger partial charge >= 0.3 is 0 Å². The number of ether oxygens (including phenoxy) is 2. The van der Waals surface area contributed by atoms with Crippen molar-refractivity contribution in [3.8, 4) is 17.1 Å². The van der Waals surface area contributed by atoms with Crippen molar-refractivity contribution in [1.82, 2.24) is 20.4 Å². The summed E-state index contributed by atoms with van der Waals surface area (Å²) in [7, 11) is 1.61. The molecule has 0 saturated heterocycles. The van der Waals surface area contributed by atoms with Gasteiger partial charge in [-0.3, -0.25) is 0 Å². The van der Waals surface area contributed by atoms with Crippen molar-refractivity contribution >= 4 is 22.9 Å². The second-order valence-corrected chi connectivity index (χ2v) is 8.18. The summed E-state index contributed by atoms with van der Waals surface area (Å²) in [5, 5.41) is 8.09. The Morgan fingerprint density at radius 1 is 1.21 bits per heavy atom. The summed E-state index contributed by atoms with van der Waals surface area (Å²) in [5.41, 5.74) is 3.14. The van der Waals surface area contributed by atoms with E-state index in [9.17, 15) is 4.39 Å². The molecule has 0 aliphatic carbocycles. The van der Waals surface area contributed by atoms with Gasteiger partial charge in [0.05, 0.1) is 18.7 Å². The van der Waals surface area contributed by atoms with Gasteiger partial charge in [0.2, 0.25) is 5.82 Å². The molecular formula is C25H27FN4O3S. The predicted octanol–water partition coefficient (Wildman–Crippen LogP) is 4.97. The first-order chi connectivity index (χ1) is 16.5. The zero-order valence-electron chi connectivity index (χ0n) is 19.4. The largest absolute Gasteiger partial charge is 0.497 e. The highest BCUT2D eigenvalue weighted by atomic mass is 32.1. The number of aromatic nitrogens is 2. The Bertz CT molecular complexity index is 1180. The molecule has 1 aromatic heterocycles. The molecule has 3 aromatic rings. The van der Waals surface area contributed by atoms with E-state index < -0.39 is 6.04 Å². The molecule has 1 aliphatic heterocycles. The first kappa shape index (κ1) is 23.8. The van der Waals surface area contributed by atoms with Crippen molar-refractivity contribution < 1.29 is 18.4 Å². The number of nitrogens with zero attached hydrogens (tertiary/aromatic N) is 3. The van der Waals surface area contributed by atoms with Crippen LogP contribution in [0.3, 0.4) is 0 Å². The predicted molar refractivity (Wildman–Crippen MR) is 132 cm³/mol. The molecule has 4 rings (SSSR count). The van der Waals surface area contributed by atoms with Crippen LogP contribution in [-0.4, -0.2) is 47.0 Å². The molecule has 1 N–H and O–H groups in total. The second kappa shape index (κ2) is 10.8. The second-order valence-electron chi connectivity index (χ2n) is 7.79. The van der Waals surface area contributed by atoms with Gasteiger partial charge in [0.1, 0.15) is 11.6 Å². The van der Waals surface area contributed by atoms with Gasteiger partial charge in [0.15, 0.2) is 5.11 Å². The fourth-order valence-electron chi connectivity index (χ4n) is 3.92. The van der Waals surface area contributed by atoms with Crippen LogP contribution in [0.4, 0.5) is 4.39 Å². The third-order valence-corrected chi connectivity index (χ3v) is 6.00. The minimum Gasteiger partial charge on any atom is -0.497 e. The van der Waals surface area contributed by atoms with Gasteiger partial charge in [0, 0.05) is 31.0 Å². The van der Waals surface area contributed by atoms with Crippen LogP contribution in [0.25, 0.3) is 17.0 Å². The first-order valence-electron chi connectivity index (χ1n) is 11.1. The summed E-state index contributed by atoms with van der Waals surface area (Å²) in [6.45, 7) is 5.90. The fourth-order valence-corrected chi connectivity index (χ4v) is 4.27. The summed E-state index contributed by atoms with van der Waals surface area (Å²) in [6.07, 6.45) is 0.797. The molecule has 0 fully saturated rings. The molecule has 1 aliphatic rings. The lowest BCUT2D eigenvalue weighted by atomic mass is 9.94. The molecule has 178 valence electrons. The van der Waals surface area contributed by atoms with E-state index in [1.54, 1.807) is 13.2 Å². The highest BCUT2D eigenvalue weighted by molar-refractivity contribution is 7.80. The van der Waals surface area contributed by atoms with E-state index in [1.807, 2.05) is 49.1 Å². The van der Waals surface area contributed by atoms with Gasteiger partial charge in [-0.15, -0.1) is 0 Å². The molecule has 2 heterocycles. The van der Waals surface area contributed by atoms with Crippen LogP contribution in [0.5, 0.6) is 5.75 Å². The topological polar surface area (TPSA) is 72.7 Å².